The first-order chi connectivity index (χ1) is 23.7. The van der Waals surface area contributed by atoms with Crippen LogP contribution in [0.3, 0.4) is 0 Å². The molecule has 5 fully saturated rings. The van der Waals surface area contributed by atoms with Gasteiger partial charge in [0.05, 0.1) is 10.9 Å². The van der Waals surface area contributed by atoms with Gasteiger partial charge in [0, 0.05) is 5.56 Å². The summed E-state index contributed by atoms with van der Waals surface area (Å²) in [6.07, 6.45) is 2.11. The Morgan fingerprint density at radius 3 is 1.76 bits per heavy atom. The minimum atomic E-state index is -5.68. The first kappa shape index (κ1) is 36.7. The predicted octanol–water partition coefficient (Wildman–Crippen LogP) is 9.38. The van der Waals surface area contributed by atoms with Crippen LogP contribution in [0.2, 0.25) is 0 Å². The third-order valence-electron chi connectivity index (χ3n) is 11.6. The first-order valence-electron chi connectivity index (χ1n) is 17.5. The molecule has 51 heavy (non-hydrogen) atoms. The molecule has 8 rings (SSSR count). The zero-order valence-electron chi connectivity index (χ0n) is 29.4. The SMILES string of the molecule is CC(Oc1ccc([S+](c2ccc(C(C)(C)C)cc2)c2ccc(C3(C)OCC(F)(F)C4(O3)C3CC5CC(C3)CC4C5)cc2)cc1)C(F)(F)S(=O)(=O)O. The van der Waals surface area contributed by atoms with E-state index in [4.69, 9.17) is 18.8 Å². The van der Waals surface area contributed by atoms with E-state index in [1.165, 1.54) is 12.1 Å². The lowest BCUT2D eigenvalue weighted by atomic mass is 9.48. The summed E-state index contributed by atoms with van der Waals surface area (Å²) in [5, 5.41) is -4.50. The van der Waals surface area contributed by atoms with E-state index < -0.39 is 56.3 Å². The maximum atomic E-state index is 16.0. The van der Waals surface area contributed by atoms with Crippen LogP contribution in [-0.2, 0) is 41.7 Å². The number of rotatable bonds is 8. The number of ether oxygens (including phenoxy) is 3. The van der Waals surface area contributed by atoms with Crippen molar-refractivity contribution in [3.8, 4) is 5.75 Å². The maximum absolute atomic E-state index is 16.0. The maximum Gasteiger partial charge on any atom is 0.405 e. The fourth-order valence-corrected chi connectivity index (χ4v) is 11.6. The lowest BCUT2D eigenvalue weighted by Gasteiger charge is -2.65. The average Bonchev–Trinajstić information content (AvgIpc) is 3.05. The van der Waals surface area contributed by atoms with Crippen molar-refractivity contribution in [3.63, 3.8) is 0 Å². The Balaban J connectivity index is 1.20. The molecule has 4 saturated carbocycles. The molecule has 3 aromatic carbocycles. The largest absolute Gasteiger partial charge is 0.483 e. The number of halogens is 4. The van der Waals surface area contributed by atoms with Crippen LogP contribution in [0.1, 0.15) is 77.8 Å². The Bertz CT molecular complexity index is 1830. The molecule has 1 aliphatic heterocycles. The fourth-order valence-electron chi connectivity index (χ4n) is 9.09. The summed E-state index contributed by atoms with van der Waals surface area (Å²) in [4.78, 5) is 2.73. The van der Waals surface area contributed by atoms with Crippen molar-refractivity contribution >= 4 is 21.0 Å². The third kappa shape index (κ3) is 6.30. The second-order valence-electron chi connectivity index (χ2n) is 16.0. The molecule has 4 aliphatic carbocycles. The molecule has 276 valence electrons. The van der Waals surface area contributed by atoms with Crippen molar-refractivity contribution in [2.75, 3.05) is 6.61 Å². The van der Waals surface area contributed by atoms with Crippen molar-refractivity contribution in [2.45, 2.75) is 115 Å². The van der Waals surface area contributed by atoms with E-state index in [1.807, 2.05) is 24.3 Å². The monoisotopic (exact) mass is 749 g/mol. The molecule has 0 aromatic heterocycles. The molecule has 0 amide bonds. The molecule has 3 atom stereocenters. The van der Waals surface area contributed by atoms with Crippen molar-refractivity contribution in [1.82, 2.24) is 0 Å². The molecular formula is C39H45F4O6S2+. The quantitative estimate of drug-likeness (QED) is 0.141. The fraction of sp³-hybridized carbons (Fsp3) is 0.538. The van der Waals surface area contributed by atoms with Gasteiger partial charge in [-0.15, -0.1) is 0 Å². The van der Waals surface area contributed by atoms with Crippen molar-refractivity contribution < 1.29 is 44.7 Å². The zero-order valence-corrected chi connectivity index (χ0v) is 31.0. The number of hydrogen-bond donors (Lipinski definition) is 1. The van der Waals surface area contributed by atoms with Gasteiger partial charge in [0.15, 0.2) is 26.6 Å². The minimum absolute atomic E-state index is 0.00610. The van der Waals surface area contributed by atoms with Gasteiger partial charge in [0.2, 0.25) is 0 Å². The number of hydrogen-bond acceptors (Lipinski definition) is 5. The summed E-state index contributed by atoms with van der Waals surface area (Å²) in [6.45, 7) is 8.32. The first-order valence-corrected chi connectivity index (χ1v) is 20.2. The van der Waals surface area contributed by atoms with Crippen LogP contribution in [0, 0.1) is 23.7 Å². The molecule has 4 bridgehead atoms. The summed E-state index contributed by atoms with van der Waals surface area (Å²) < 4.78 is 110. The van der Waals surface area contributed by atoms with E-state index in [1.54, 1.807) is 19.1 Å². The van der Waals surface area contributed by atoms with Crippen LogP contribution in [0.15, 0.2) is 87.5 Å². The van der Waals surface area contributed by atoms with Gasteiger partial charge in [-0.05, 0) is 141 Å². The van der Waals surface area contributed by atoms with Crippen LogP contribution >= 0.6 is 0 Å². The van der Waals surface area contributed by atoms with Crippen molar-refractivity contribution in [1.29, 1.82) is 0 Å². The number of alkyl halides is 4. The van der Waals surface area contributed by atoms with Gasteiger partial charge in [-0.25, -0.2) is 8.78 Å². The lowest BCUT2D eigenvalue weighted by Crippen LogP contribution is -2.73. The zero-order chi connectivity index (χ0) is 36.8. The van der Waals surface area contributed by atoms with E-state index in [-0.39, 0.29) is 23.0 Å². The topological polar surface area (TPSA) is 82.1 Å². The van der Waals surface area contributed by atoms with Gasteiger partial charge in [-0.3, -0.25) is 4.55 Å². The lowest BCUT2D eigenvalue weighted by molar-refractivity contribution is -0.440. The molecule has 1 heterocycles. The Hall–Kier alpha value is -2.64. The molecule has 1 N–H and O–H groups in total. The predicted molar refractivity (Wildman–Crippen MR) is 186 cm³/mol. The standard InChI is InChI=1S/C39H44F4O6S2/c1-24(39(42,43)51(44,45)46)48-31-10-16-34(17-11-31)50(32-12-6-27(7-13-32)35(2,3)4)33-14-8-28(9-15-33)36(5)47-23-37(40,41)38(49-36)29-19-25-18-26(21-29)22-30(38)20-25/h6-17,24-26,29-30H,18-23H2,1-5H3/p+1. The van der Waals surface area contributed by atoms with E-state index in [0.29, 0.717) is 17.4 Å². The Morgan fingerprint density at radius 1 is 0.824 bits per heavy atom. The summed E-state index contributed by atoms with van der Waals surface area (Å²) in [7, 11) is -6.37. The molecule has 3 unspecified atom stereocenters. The van der Waals surface area contributed by atoms with E-state index in [2.05, 4.69) is 45.0 Å². The highest BCUT2D eigenvalue weighted by Gasteiger charge is 2.73. The Morgan fingerprint density at radius 2 is 1.29 bits per heavy atom. The molecular weight excluding hydrogens is 705 g/mol. The second kappa shape index (κ2) is 12.5. The highest BCUT2D eigenvalue weighted by molar-refractivity contribution is 7.97. The minimum Gasteiger partial charge on any atom is -0.483 e. The molecule has 0 radical (unpaired) electrons. The summed E-state index contributed by atoms with van der Waals surface area (Å²) in [6, 6.07) is 22.4. The number of benzene rings is 3. The summed E-state index contributed by atoms with van der Waals surface area (Å²) in [5.41, 5.74) is 0.189. The molecule has 1 saturated heterocycles. The van der Waals surface area contributed by atoms with E-state index in [9.17, 15) is 17.2 Å². The average molecular weight is 750 g/mol. The smallest absolute Gasteiger partial charge is 0.405 e. The van der Waals surface area contributed by atoms with Crippen molar-refractivity contribution in [2.24, 2.45) is 23.7 Å². The normalized spacial score (nSPS) is 31.4. The van der Waals surface area contributed by atoms with Crippen LogP contribution in [0.5, 0.6) is 5.75 Å². The van der Waals surface area contributed by atoms with Gasteiger partial charge >= 0.3 is 15.4 Å². The van der Waals surface area contributed by atoms with Gasteiger partial charge in [-0.2, -0.15) is 17.2 Å². The van der Waals surface area contributed by atoms with Crippen LogP contribution in [0.4, 0.5) is 17.6 Å². The van der Waals surface area contributed by atoms with Crippen molar-refractivity contribution in [3.05, 3.63) is 83.9 Å². The highest BCUT2D eigenvalue weighted by atomic mass is 32.2. The summed E-state index contributed by atoms with van der Waals surface area (Å²) >= 11 is 0. The van der Waals surface area contributed by atoms with Crippen LogP contribution < -0.4 is 4.74 Å². The second-order valence-corrected chi connectivity index (χ2v) is 19.5. The van der Waals surface area contributed by atoms with Gasteiger partial charge < -0.3 is 14.2 Å². The van der Waals surface area contributed by atoms with Crippen LogP contribution in [0.25, 0.3) is 0 Å². The van der Waals surface area contributed by atoms with E-state index >= 15 is 8.78 Å². The van der Waals surface area contributed by atoms with E-state index in [0.717, 1.165) is 59.3 Å². The molecule has 12 heteroatoms. The Labute approximate surface area is 300 Å². The molecule has 6 nitrogen and oxygen atoms in total. The van der Waals surface area contributed by atoms with Crippen LogP contribution in [-0.4, -0.2) is 42.5 Å². The van der Waals surface area contributed by atoms with Gasteiger partial charge in [0.1, 0.15) is 18.0 Å². The molecule has 1 spiro atoms. The molecule has 5 aliphatic rings. The van der Waals surface area contributed by atoms with Gasteiger partial charge in [0.25, 0.3) is 5.92 Å². The third-order valence-corrected chi connectivity index (χ3v) is 14.8. The highest BCUT2D eigenvalue weighted by Crippen LogP contribution is 2.66. The summed E-state index contributed by atoms with van der Waals surface area (Å²) in [5.74, 6) is -3.82. The van der Waals surface area contributed by atoms with Gasteiger partial charge in [-0.1, -0.05) is 32.9 Å². The Kier molecular flexibility index (Phi) is 8.97. The molecule has 3 aromatic rings.